The van der Waals surface area contributed by atoms with E-state index in [-0.39, 0.29) is 12.1 Å². The summed E-state index contributed by atoms with van der Waals surface area (Å²) in [5.41, 5.74) is 4.58. The van der Waals surface area contributed by atoms with Crippen LogP contribution in [0, 0.1) is 0 Å². The molecule has 1 atom stereocenters. The standard InChI is InChI=1S/C27H24ClN3O3/c1-33-21-12-9-18(10-13-21)26-24-8-5-15-30(24)23-7-4-3-6-19(23)17-31(26)27(32)29-22-16-20(28)11-14-25(22)34-2/h3-16,26H,17H2,1-2H3,(H,29,32)/t26-/m0/s1. The number of fused-ring (bicyclic) bond motifs is 3. The minimum atomic E-state index is -0.335. The molecule has 172 valence electrons. The van der Waals surface area contributed by atoms with Crippen LogP contribution in [0.1, 0.15) is 22.9 Å². The maximum atomic E-state index is 13.8. The highest BCUT2D eigenvalue weighted by atomic mass is 35.5. The molecule has 4 aromatic rings. The fourth-order valence-corrected chi connectivity index (χ4v) is 4.61. The second kappa shape index (κ2) is 9.15. The lowest BCUT2D eigenvalue weighted by Gasteiger charge is -2.31. The molecule has 0 saturated heterocycles. The zero-order chi connectivity index (χ0) is 23.7. The van der Waals surface area contributed by atoms with Crippen LogP contribution in [-0.2, 0) is 6.54 Å². The molecule has 0 radical (unpaired) electrons. The lowest BCUT2D eigenvalue weighted by Crippen LogP contribution is -2.38. The van der Waals surface area contributed by atoms with Gasteiger partial charge in [-0.1, -0.05) is 41.9 Å². The van der Waals surface area contributed by atoms with Crippen molar-refractivity contribution in [3.05, 3.63) is 107 Å². The Labute approximate surface area is 203 Å². The number of methoxy groups -OCH3 is 2. The lowest BCUT2D eigenvalue weighted by molar-refractivity contribution is 0.194. The van der Waals surface area contributed by atoms with Crippen molar-refractivity contribution < 1.29 is 14.3 Å². The third-order valence-electron chi connectivity index (χ3n) is 6.06. The normalized spacial score (nSPS) is 14.6. The number of benzene rings is 3. The Morgan fingerprint density at radius 2 is 1.76 bits per heavy atom. The molecule has 2 amide bonds. The van der Waals surface area contributed by atoms with Gasteiger partial charge in [0.05, 0.1) is 38.2 Å². The Bertz CT molecular complexity index is 1330. The first-order chi connectivity index (χ1) is 16.6. The molecular weight excluding hydrogens is 450 g/mol. The second-order valence-electron chi connectivity index (χ2n) is 8.01. The van der Waals surface area contributed by atoms with Gasteiger partial charge in [-0.15, -0.1) is 0 Å². The van der Waals surface area contributed by atoms with E-state index in [4.69, 9.17) is 21.1 Å². The molecule has 1 N–H and O–H groups in total. The predicted octanol–water partition coefficient (Wildman–Crippen LogP) is 6.29. The van der Waals surface area contributed by atoms with E-state index in [1.165, 1.54) is 0 Å². The van der Waals surface area contributed by atoms with Crippen LogP contribution in [0.25, 0.3) is 5.69 Å². The van der Waals surface area contributed by atoms with E-state index in [9.17, 15) is 4.79 Å². The van der Waals surface area contributed by atoms with Crippen LogP contribution in [0.4, 0.5) is 10.5 Å². The monoisotopic (exact) mass is 473 g/mol. The molecule has 2 heterocycles. The number of amides is 2. The average molecular weight is 474 g/mol. The van der Waals surface area contributed by atoms with Crippen LogP contribution in [0.3, 0.4) is 0 Å². The first-order valence-electron chi connectivity index (χ1n) is 10.9. The fourth-order valence-electron chi connectivity index (χ4n) is 4.44. The van der Waals surface area contributed by atoms with Gasteiger partial charge in [0.15, 0.2) is 0 Å². The first kappa shape index (κ1) is 21.9. The SMILES string of the molecule is COc1ccc([C@H]2c3cccn3-c3ccccc3CN2C(=O)Nc2cc(Cl)ccc2OC)cc1. The van der Waals surface area contributed by atoms with Crippen LogP contribution >= 0.6 is 11.6 Å². The summed E-state index contributed by atoms with van der Waals surface area (Å²) in [5, 5.41) is 3.53. The Morgan fingerprint density at radius 3 is 2.53 bits per heavy atom. The van der Waals surface area contributed by atoms with Crippen LogP contribution < -0.4 is 14.8 Å². The van der Waals surface area contributed by atoms with Crippen LogP contribution in [0.5, 0.6) is 11.5 Å². The molecule has 1 aliphatic heterocycles. The smallest absolute Gasteiger partial charge is 0.323 e. The number of hydrogen-bond donors (Lipinski definition) is 1. The minimum Gasteiger partial charge on any atom is -0.497 e. The number of halogens is 1. The minimum absolute atomic E-state index is 0.258. The number of carbonyl (C=O) groups is 1. The molecule has 0 saturated carbocycles. The van der Waals surface area contributed by atoms with Gasteiger partial charge in [-0.3, -0.25) is 0 Å². The average Bonchev–Trinajstić information content (AvgIpc) is 3.28. The Morgan fingerprint density at radius 1 is 0.971 bits per heavy atom. The molecule has 1 aromatic heterocycles. The molecular formula is C27H24ClN3O3. The molecule has 1 aliphatic rings. The fraction of sp³-hybridized carbons (Fsp3) is 0.148. The Kier molecular flexibility index (Phi) is 5.90. The van der Waals surface area contributed by atoms with E-state index in [1.54, 1.807) is 32.4 Å². The summed E-state index contributed by atoms with van der Waals surface area (Å²) in [7, 11) is 3.20. The van der Waals surface area contributed by atoms with Crippen molar-refractivity contribution >= 4 is 23.3 Å². The van der Waals surface area contributed by atoms with E-state index >= 15 is 0 Å². The van der Waals surface area contributed by atoms with E-state index in [2.05, 4.69) is 28.1 Å². The highest BCUT2D eigenvalue weighted by Crippen LogP contribution is 2.38. The zero-order valence-electron chi connectivity index (χ0n) is 18.9. The van der Waals surface area contributed by atoms with E-state index in [0.717, 1.165) is 28.3 Å². The van der Waals surface area contributed by atoms with E-state index in [0.29, 0.717) is 23.0 Å². The van der Waals surface area contributed by atoms with E-state index < -0.39 is 0 Å². The van der Waals surface area contributed by atoms with Gasteiger partial charge in [-0.25, -0.2) is 4.79 Å². The van der Waals surface area contributed by atoms with Crippen molar-refractivity contribution in [3.8, 4) is 17.2 Å². The predicted molar refractivity (Wildman–Crippen MR) is 133 cm³/mol. The summed E-state index contributed by atoms with van der Waals surface area (Å²) in [6, 6.07) is 24.6. The van der Waals surface area contributed by atoms with Crippen molar-refractivity contribution in [1.82, 2.24) is 9.47 Å². The molecule has 5 rings (SSSR count). The number of anilines is 1. The van der Waals surface area contributed by atoms with Gasteiger partial charge < -0.3 is 24.3 Å². The highest BCUT2D eigenvalue weighted by molar-refractivity contribution is 6.31. The number of ether oxygens (including phenoxy) is 2. The van der Waals surface area contributed by atoms with Gasteiger partial charge in [0.2, 0.25) is 0 Å². The molecule has 3 aromatic carbocycles. The zero-order valence-corrected chi connectivity index (χ0v) is 19.6. The number of para-hydroxylation sites is 1. The molecule has 0 spiro atoms. The second-order valence-corrected chi connectivity index (χ2v) is 8.45. The van der Waals surface area contributed by atoms with Crippen LogP contribution in [0.2, 0.25) is 5.02 Å². The molecule has 0 bridgehead atoms. The summed E-state index contributed by atoms with van der Waals surface area (Å²) in [5.74, 6) is 1.30. The first-order valence-corrected chi connectivity index (χ1v) is 11.3. The number of urea groups is 1. The van der Waals surface area contributed by atoms with Gasteiger partial charge >= 0.3 is 6.03 Å². The number of nitrogens with zero attached hydrogens (tertiary/aromatic N) is 2. The number of hydrogen-bond acceptors (Lipinski definition) is 3. The summed E-state index contributed by atoms with van der Waals surface area (Å²) >= 11 is 6.21. The maximum Gasteiger partial charge on any atom is 0.323 e. The topological polar surface area (TPSA) is 55.7 Å². The molecule has 0 fully saturated rings. The summed E-state index contributed by atoms with van der Waals surface area (Å²) in [6.45, 7) is 0.420. The quantitative estimate of drug-likeness (QED) is 0.379. The van der Waals surface area contributed by atoms with Gasteiger partial charge in [0.25, 0.3) is 0 Å². The van der Waals surface area contributed by atoms with Gasteiger partial charge in [0.1, 0.15) is 11.5 Å². The molecule has 34 heavy (non-hydrogen) atoms. The molecule has 7 heteroatoms. The van der Waals surface area contributed by atoms with Gasteiger partial charge in [0, 0.05) is 16.9 Å². The van der Waals surface area contributed by atoms with E-state index in [1.807, 2.05) is 53.6 Å². The van der Waals surface area contributed by atoms with Crippen LogP contribution in [0.15, 0.2) is 85.1 Å². The summed E-state index contributed by atoms with van der Waals surface area (Å²) < 4.78 is 12.9. The Hall–Kier alpha value is -3.90. The van der Waals surface area contributed by atoms with Crippen molar-refractivity contribution in [2.24, 2.45) is 0 Å². The summed E-state index contributed by atoms with van der Waals surface area (Å²) in [6.07, 6.45) is 2.03. The number of rotatable bonds is 4. The van der Waals surface area contributed by atoms with Gasteiger partial charge in [-0.2, -0.15) is 0 Å². The van der Waals surface area contributed by atoms with Crippen LogP contribution in [-0.4, -0.2) is 29.7 Å². The maximum absolute atomic E-state index is 13.8. The molecule has 0 aliphatic carbocycles. The number of aromatic nitrogens is 1. The lowest BCUT2D eigenvalue weighted by atomic mass is 10.0. The van der Waals surface area contributed by atoms with Crippen molar-refractivity contribution in [2.75, 3.05) is 19.5 Å². The molecule has 0 unspecified atom stereocenters. The third kappa shape index (κ3) is 3.97. The van der Waals surface area contributed by atoms with Gasteiger partial charge in [-0.05, 0) is 59.7 Å². The van der Waals surface area contributed by atoms with Crippen molar-refractivity contribution in [3.63, 3.8) is 0 Å². The molecule has 6 nitrogen and oxygen atoms in total. The largest absolute Gasteiger partial charge is 0.497 e. The Balaban J connectivity index is 1.62. The number of carbonyl (C=O) groups excluding carboxylic acids is 1. The third-order valence-corrected chi connectivity index (χ3v) is 6.29. The number of nitrogens with one attached hydrogen (secondary N) is 1. The highest BCUT2D eigenvalue weighted by Gasteiger charge is 2.33. The van der Waals surface area contributed by atoms with Crippen molar-refractivity contribution in [1.29, 1.82) is 0 Å². The van der Waals surface area contributed by atoms with Crippen molar-refractivity contribution in [2.45, 2.75) is 12.6 Å². The summed E-state index contributed by atoms with van der Waals surface area (Å²) in [4.78, 5) is 15.7.